The zero-order valence-corrected chi connectivity index (χ0v) is 34.0. The van der Waals surface area contributed by atoms with Crippen LogP contribution in [0.15, 0.2) is 0 Å². The SMILES string of the molecule is CC(C)(OC(F)(F)C(F)(C(F)(F)F)C(C)(C)OC(F)(F)C(F)(F)C(F)(F)C(F)(F)C(F)(F)C(F)(F)OC(C)(C)C(F)(C(F)(F)F)C(F)(F)OC(C)(C)C(F)(CO)C(F)(F)F)C(F)(CO)C(F)(F)F. The molecule has 0 aliphatic carbocycles. The predicted molar refractivity (Wildman–Crippen MR) is 154 cm³/mol. The van der Waals surface area contributed by atoms with Crippen molar-refractivity contribution in [3.05, 3.63) is 0 Å². The van der Waals surface area contributed by atoms with Gasteiger partial charge in [-0.15, -0.1) is 0 Å². The molecular formula is C30H30F32O6. The maximum absolute atomic E-state index is 15.6. The van der Waals surface area contributed by atoms with Gasteiger partial charge in [-0.1, -0.05) is 0 Å². The molecule has 68 heavy (non-hydrogen) atoms. The smallest absolute Gasteiger partial charge is 0.393 e. The van der Waals surface area contributed by atoms with Crippen LogP contribution >= 0.6 is 0 Å². The van der Waals surface area contributed by atoms with Crippen molar-refractivity contribution in [3.8, 4) is 0 Å². The Hall–Kier alpha value is -2.48. The van der Waals surface area contributed by atoms with Gasteiger partial charge in [0.1, 0.15) is 22.4 Å². The molecule has 0 spiro atoms. The van der Waals surface area contributed by atoms with Crippen LogP contribution in [-0.2, 0) is 18.9 Å². The monoisotopic (exact) mass is 1090 g/mol. The molecule has 0 saturated heterocycles. The highest BCUT2D eigenvalue weighted by Gasteiger charge is 2.94. The van der Waals surface area contributed by atoms with Crippen LogP contribution in [0, 0.1) is 0 Å². The Labute approximate surface area is 357 Å². The van der Waals surface area contributed by atoms with Crippen LogP contribution in [0.2, 0.25) is 0 Å². The minimum absolute atomic E-state index is 0.704. The Balaban J connectivity index is 7.77. The lowest BCUT2D eigenvalue weighted by Crippen LogP contribution is -2.76. The standard InChI is InChI=1S/C30H30F32O6/c1-11(2,15(31,9-63)23(43,44)45)65-27(55,56)17(33,25(49,50)51)13(5,6)67-29(59,60)21(39,40)19(35,36)20(37,38)22(41,42)30(61,62)68-14(7,8)18(34,26(52,53)54)28(57,58)66-12(3,4)16(32,10-64)24(46,47)48/h63-64H,9-10H2,1-8H3. The summed E-state index contributed by atoms with van der Waals surface area (Å²) in [7, 11) is 0. The quantitative estimate of drug-likeness (QED) is 0.112. The molecule has 4 atom stereocenters. The molecule has 410 valence electrons. The molecule has 0 aromatic carbocycles. The maximum Gasteiger partial charge on any atom is 0.434 e. The van der Waals surface area contributed by atoms with Gasteiger partial charge in [-0.2, -0.15) is 123 Å². The Bertz CT molecular complexity index is 1640. The summed E-state index contributed by atoms with van der Waals surface area (Å²) < 4.78 is 471. The molecule has 0 fully saturated rings. The molecule has 6 nitrogen and oxygen atoms in total. The number of halogens is 32. The van der Waals surface area contributed by atoms with E-state index in [4.69, 9.17) is 10.2 Å². The molecular weight excluding hydrogens is 1060 g/mol. The molecule has 0 bridgehead atoms. The van der Waals surface area contributed by atoms with Crippen LogP contribution in [0.4, 0.5) is 140 Å². The molecule has 0 heterocycles. The lowest BCUT2D eigenvalue weighted by Gasteiger charge is -2.50. The number of hydrogen-bond acceptors (Lipinski definition) is 6. The fourth-order valence-corrected chi connectivity index (χ4v) is 5.57. The largest absolute Gasteiger partial charge is 0.434 e. The van der Waals surface area contributed by atoms with Gasteiger partial charge in [0.2, 0.25) is 0 Å². The van der Waals surface area contributed by atoms with E-state index in [0.29, 0.717) is 0 Å². The molecule has 4 unspecified atom stereocenters. The molecule has 0 aromatic heterocycles. The van der Waals surface area contributed by atoms with Crippen molar-refractivity contribution in [2.75, 3.05) is 13.2 Å². The number of rotatable bonds is 21. The third-order valence-corrected chi connectivity index (χ3v) is 9.93. The molecule has 0 aromatic rings. The fourth-order valence-electron chi connectivity index (χ4n) is 5.57. The highest BCUT2D eigenvalue weighted by Crippen LogP contribution is 2.65. The summed E-state index contributed by atoms with van der Waals surface area (Å²) in [6.07, 6.45) is -61.7. The zero-order valence-electron chi connectivity index (χ0n) is 34.0. The lowest BCUT2D eigenvalue weighted by molar-refractivity contribution is -0.513. The molecule has 0 aliphatic rings. The fraction of sp³-hybridized carbons (Fsp3) is 1.00. The number of ether oxygens (including phenoxy) is 4. The van der Waals surface area contributed by atoms with Crippen LogP contribution in [-0.4, -0.2) is 141 Å². The molecule has 38 heteroatoms. The van der Waals surface area contributed by atoms with Gasteiger partial charge in [-0.05, 0) is 55.4 Å². The van der Waals surface area contributed by atoms with Crippen LogP contribution in [0.1, 0.15) is 55.4 Å². The van der Waals surface area contributed by atoms with Gasteiger partial charge in [0.05, 0.1) is 13.2 Å². The van der Waals surface area contributed by atoms with Crippen molar-refractivity contribution in [2.24, 2.45) is 0 Å². The van der Waals surface area contributed by atoms with E-state index < -0.39 is 187 Å². The Morgan fingerprint density at radius 3 is 0.574 bits per heavy atom. The van der Waals surface area contributed by atoms with Crippen molar-refractivity contribution in [1.29, 1.82) is 0 Å². The average Bonchev–Trinajstić information content (AvgIpc) is 3.05. The van der Waals surface area contributed by atoms with Crippen molar-refractivity contribution >= 4 is 0 Å². The normalized spacial score (nSPS) is 19.9. The first-order chi connectivity index (χ1) is 28.7. The van der Waals surface area contributed by atoms with Gasteiger partial charge in [-0.3, -0.25) is 0 Å². The van der Waals surface area contributed by atoms with E-state index in [-0.39, 0.29) is 0 Å². The zero-order chi connectivity index (χ0) is 56.2. The Morgan fingerprint density at radius 2 is 0.426 bits per heavy atom. The third-order valence-electron chi connectivity index (χ3n) is 9.93. The first kappa shape index (κ1) is 65.5. The predicted octanol–water partition coefficient (Wildman–Crippen LogP) is 12.1. The maximum atomic E-state index is 15.6. The van der Waals surface area contributed by atoms with Crippen molar-refractivity contribution in [1.82, 2.24) is 0 Å². The molecule has 0 rings (SSSR count). The van der Waals surface area contributed by atoms with Gasteiger partial charge in [0.25, 0.3) is 11.3 Å². The lowest BCUT2D eigenvalue weighted by atomic mass is 9.83. The van der Waals surface area contributed by atoms with Crippen molar-refractivity contribution in [2.45, 2.75) is 173 Å². The highest BCUT2D eigenvalue weighted by atomic mass is 19.4. The first-order valence-corrected chi connectivity index (χ1v) is 16.8. The van der Waals surface area contributed by atoms with E-state index in [2.05, 4.69) is 18.9 Å². The summed E-state index contributed by atoms with van der Waals surface area (Å²) in [5, 5.41) is 17.6. The van der Waals surface area contributed by atoms with E-state index in [1.54, 1.807) is 0 Å². The third kappa shape index (κ3) is 9.40. The Kier molecular flexibility index (Phi) is 16.4. The van der Waals surface area contributed by atoms with E-state index >= 15 is 26.3 Å². The topological polar surface area (TPSA) is 77.4 Å². The number of hydrogen-bond donors (Lipinski definition) is 2. The van der Waals surface area contributed by atoms with E-state index in [9.17, 15) is 114 Å². The van der Waals surface area contributed by atoms with E-state index in [0.717, 1.165) is 0 Å². The second kappa shape index (κ2) is 17.1. The first-order valence-electron chi connectivity index (χ1n) is 16.8. The summed E-state index contributed by atoms with van der Waals surface area (Å²) in [6, 6.07) is 0. The van der Waals surface area contributed by atoms with Crippen LogP contribution in [0.5, 0.6) is 0 Å². The van der Waals surface area contributed by atoms with Crippen LogP contribution in [0.3, 0.4) is 0 Å². The van der Waals surface area contributed by atoms with Crippen molar-refractivity contribution < 1.29 is 170 Å². The second-order valence-electron chi connectivity index (χ2n) is 16.0. The summed E-state index contributed by atoms with van der Waals surface area (Å²) >= 11 is 0. The summed E-state index contributed by atoms with van der Waals surface area (Å²) in [5.74, 6) is -37.0. The van der Waals surface area contributed by atoms with E-state index in [1.807, 2.05) is 0 Å². The second-order valence-corrected chi connectivity index (χ2v) is 16.0. The molecule has 2 N–H and O–H groups in total. The Morgan fingerprint density at radius 1 is 0.250 bits per heavy atom. The number of aliphatic hydroxyl groups is 2. The van der Waals surface area contributed by atoms with Crippen molar-refractivity contribution in [3.63, 3.8) is 0 Å². The molecule has 0 saturated carbocycles. The minimum atomic E-state index is -9.36. The summed E-state index contributed by atoms with van der Waals surface area (Å²) in [6.45, 7) is -14.7. The van der Waals surface area contributed by atoms with Gasteiger partial charge in [-0.25, -0.2) is 17.6 Å². The summed E-state index contributed by atoms with van der Waals surface area (Å²) in [5.41, 5.74) is -48.9. The van der Waals surface area contributed by atoms with Gasteiger partial charge in [0.15, 0.2) is 0 Å². The van der Waals surface area contributed by atoms with Gasteiger partial charge < -0.3 is 29.2 Å². The summed E-state index contributed by atoms with van der Waals surface area (Å²) in [4.78, 5) is 0. The minimum Gasteiger partial charge on any atom is -0.393 e. The number of aliphatic hydroxyl groups excluding tert-OH is 2. The molecule has 0 aliphatic heterocycles. The number of alkyl halides is 32. The van der Waals surface area contributed by atoms with Gasteiger partial charge in [0, 0.05) is 0 Å². The average molecular weight is 1090 g/mol. The van der Waals surface area contributed by atoms with Crippen LogP contribution in [0.25, 0.3) is 0 Å². The van der Waals surface area contributed by atoms with Gasteiger partial charge >= 0.3 is 84.2 Å². The highest BCUT2D eigenvalue weighted by molar-refractivity contribution is 5.15. The molecule has 0 amide bonds. The van der Waals surface area contributed by atoms with Crippen LogP contribution < -0.4 is 0 Å². The molecule has 0 radical (unpaired) electrons. The van der Waals surface area contributed by atoms with E-state index in [1.165, 1.54) is 0 Å².